The van der Waals surface area contributed by atoms with Gasteiger partial charge in [-0.25, -0.2) is 18.8 Å². The van der Waals surface area contributed by atoms with E-state index in [1.807, 2.05) is 0 Å². The molecule has 0 aromatic rings. The van der Waals surface area contributed by atoms with E-state index < -0.39 is 36.3 Å². The molecule has 10 nitrogen and oxygen atoms in total. The first kappa shape index (κ1) is 21.0. The number of halogens is 1. The Hall–Kier alpha value is -2.09. The topological polar surface area (TPSA) is 128 Å². The number of nitrogens with zero attached hydrogens (tertiary/aromatic N) is 2. The van der Waals surface area contributed by atoms with Crippen molar-refractivity contribution in [3.63, 3.8) is 0 Å². The molecule has 3 atom stereocenters. The van der Waals surface area contributed by atoms with Crippen LogP contribution in [0.5, 0.6) is 0 Å². The Kier molecular flexibility index (Phi) is 6.98. The molecule has 0 aromatic heterocycles. The summed E-state index contributed by atoms with van der Waals surface area (Å²) < 4.78 is 13.2. The van der Waals surface area contributed by atoms with Gasteiger partial charge in [0.05, 0.1) is 19.3 Å². The van der Waals surface area contributed by atoms with Gasteiger partial charge in [0.1, 0.15) is 6.04 Å². The minimum Gasteiger partial charge on any atom is -1.00 e. The minimum atomic E-state index is -2.68. The average molecular weight is 352 g/mol. The third-order valence-corrected chi connectivity index (χ3v) is 3.57. The van der Waals surface area contributed by atoms with Gasteiger partial charge in [-0.2, -0.15) is 5.06 Å². The predicted molar refractivity (Wildman–Crippen MR) is 76.8 cm³/mol. The number of carbonyl (C=O) groups is 4. The molecule has 0 aromatic carbocycles. The summed E-state index contributed by atoms with van der Waals surface area (Å²) in [6, 6.07) is -2.44. The van der Waals surface area contributed by atoms with Gasteiger partial charge in [-0.05, 0) is 12.5 Å². The van der Waals surface area contributed by atoms with E-state index in [4.69, 9.17) is 5.11 Å². The van der Waals surface area contributed by atoms with Crippen molar-refractivity contribution in [1.82, 2.24) is 20.6 Å². The summed E-state index contributed by atoms with van der Waals surface area (Å²) in [7, 11) is 0. The molecule has 0 unspecified atom stereocenters. The number of carbonyl (C=O) groups excluding carboxylic acids is 3. The molecule has 1 saturated heterocycles. The molecule has 0 spiro atoms. The largest absolute Gasteiger partial charge is 1.00 e. The number of alkyl halides is 1. The first-order chi connectivity index (χ1) is 11.2. The number of rotatable bonds is 6. The zero-order valence-electron chi connectivity index (χ0n) is 15.0. The van der Waals surface area contributed by atoms with E-state index in [1.165, 1.54) is 6.92 Å². The predicted octanol–water partition coefficient (Wildman–Crippen LogP) is -3.94. The molecule has 0 saturated carbocycles. The zero-order valence-corrected chi connectivity index (χ0v) is 14.0. The fourth-order valence-corrected chi connectivity index (χ4v) is 2.57. The number of nitrogens with one attached hydrogen (secondary N) is 2. The van der Waals surface area contributed by atoms with Crippen LogP contribution in [-0.2, 0) is 19.2 Å². The maximum atomic E-state index is 13.2. The van der Waals surface area contributed by atoms with E-state index in [9.17, 15) is 23.6 Å². The van der Waals surface area contributed by atoms with Crippen molar-refractivity contribution >= 4 is 23.8 Å². The molecule has 2 aliphatic rings. The number of hydrogen-bond donors (Lipinski definition) is 3. The Morgan fingerprint density at radius 1 is 1.48 bits per heavy atom. The summed E-state index contributed by atoms with van der Waals surface area (Å²) in [5.74, 6) is -2.71. The smallest absolute Gasteiger partial charge is 1.00 e. The Bertz CT molecular complexity index is 621. The summed E-state index contributed by atoms with van der Waals surface area (Å²) in [4.78, 5) is 51.5. The number of carboxylic acid groups (broad SMARTS) is 1. The van der Waals surface area contributed by atoms with Crippen molar-refractivity contribution in [2.45, 2.75) is 32.3 Å². The van der Waals surface area contributed by atoms with Crippen molar-refractivity contribution in [2.75, 3.05) is 13.2 Å². The number of aliphatic carboxylic acids is 1. The van der Waals surface area contributed by atoms with Gasteiger partial charge in [0.2, 0.25) is 11.8 Å². The molecule has 2 rings (SSSR count). The first-order valence-corrected chi connectivity index (χ1v) is 7.06. The molecule has 134 valence electrons. The van der Waals surface area contributed by atoms with Gasteiger partial charge in [-0.3, -0.25) is 9.59 Å². The number of amides is 4. The third-order valence-electron chi connectivity index (χ3n) is 3.57. The van der Waals surface area contributed by atoms with Gasteiger partial charge < -0.3 is 22.1 Å². The van der Waals surface area contributed by atoms with Crippen LogP contribution in [-0.4, -0.2) is 70.5 Å². The molecule has 0 radical (unpaired) electrons. The fraction of sp³-hybridized carbons (Fsp3) is 0.538. The summed E-state index contributed by atoms with van der Waals surface area (Å²) >= 11 is 0. The maximum absolute atomic E-state index is 13.2. The number of hydroxylamine groups is 2. The second-order valence-corrected chi connectivity index (χ2v) is 5.35. The van der Waals surface area contributed by atoms with E-state index in [0.717, 1.165) is 4.90 Å². The Morgan fingerprint density at radius 2 is 2.12 bits per heavy atom. The molecule has 12 heteroatoms. The monoisotopic (exact) mass is 352 g/mol. The van der Waals surface area contributed by atoms with E-state index in [1.54, 1.807) is 13.0 Å². The summed E-state index contributed by atoms with van der Waals surface area (Å²) in [5, 5.41) is 14.0. The molecule has 4 amide bonds. The van der Waals surface area contributed by atoms with Crippen LogP contribution in [0, 0.1) is 0 Å². The van der Waals surface area contributed by atoms with Crippen molar-refractivity contribution in [3.8, 4) is 0 Å². The second-order valence-electron chi connectivity index (χ2n) is 5.35. The minimum absolute atomic E-state index is 0. The normalized spacial score (nSPS) is 22.7. The molecular formula is C13H18FLiN4O6. The van der Waals surface area contributed by atoms with Crippen molar-refractivity contribution in [3.05, 3.63) is 11.6 Å². The van der Waals surface area contributed by atoms with Gasteiger partial charge in [0, 0.05) is 6.92 Å². The van der Waals surface area contributed by atoms with Crippen molar-refractivity contribution in [2.24, 2.45) is 0 Å². The standard InChI is InChI=1S/C13H17FN4O6.Li.H/c1-6-3-8-4-17(9(6)11(20)16-5-15-7(2)19)13(23)18(8)24-10(14)12(21)22;;/h3,8-10H,4-5H2,1-2H3,(H,15,19)(H,16,20)(H,21,22);;/q;+1;-1/t8-,9+,10-;;/m1../s1. The van der Waals surface area contributed by atoms with Crippen LogP contribution in [0.1, 0.15) is 15.3 Å². The SMILES string of the molecule is CC(=O)NCNC(=O)[C@@H]1C(C)=C[C@@H]2CN1C(=O)N2O[C@@H](F)C(=O)O.[H-].[Li+]. The van der Waals surface area contributed by atoms with E-state index >= 15 is 0 Å². The summed E-state index contributed by atoms with van der Waals surface area (Å²) in [6.07, 6.45) is -1.14. The summed E-state index contributed by atoms with van der Waals surface area (Å²) in [6.45, 7) is 2.86. The Balaban J connectivity index is 0.00000312. The number of urea groups is 1. The van der Waals surface area contributed by atoms with E-state index in [0.29, 0.717) is 10.6 Å². The van der Waals surface area contributed by atoms with Crippen LogP contribution in [0.3, 0.4) is 0 Å². The van der Waals surface area contributed by atoms with E-state index in [2.05, 4.69) is 15.5 Å². The molecule has 1 fully saturated rings. The van der Waals surface area contributed by atoms with Crippen LogP contribution in [0.2, 0.25) is 0 Å². The molecule has 2 bridgehead atoms. The summed E-state index contributed by atoms with van der Waals surface area (Å²) in [5.41, 5.74) is 0.525. The maximum Gasteiger partial charge on any atom is 1.00 e. The number of carboxylic acids is 1. The van der Waals surface area contributed by atoms with Crippen LogP contribution >= 0.6 is 0 Å². The second kappa shape index (κ2) is 8.33. The molecule has 2 aliphatic heterocycles. The van der Waals surface area contributed by atoms with Gasteiger partial charge in [0.25, 0.3) is 0 Å². The molecule has 2 heterocycles. The Labute approximate surface area is 155 Å². The number of hydrogen-bond acceptors (Lipinski definition) is 5. The van der Waals surface area contributed by atoms with Crippen LogP contribution in [0.4, 0.5) is 9.18 Å². The molecule has 25 heavy (non-hydrogen) atoms. The average Bonchev–Trinajstić information content (AvgIpc) is 2.72. The number of fused-ring (bicyclic) bond motifs is 2. The molecule has 3 N–H and O–H groups in total. The zero-order chi connectivity index (χ0) is 18.0. The van der Waals surface area contributed by atoms with Crippen molar-refractivity contribution in [1.29, 1.82) is 0 Å². The van der Waals surface area contributed by atoms with Gasteiger partial charge >= 0.3 is 37.2 Å². The fourth-order valence-electron chi connectivity index (χ4n) is 2.57. The Morgan fingerprint density at radius 3 is 2.68 bits per heavy atom. The van der Waals surface area contributed by atoms with Crippen LogP contribution in [0.25, 0.3) is 0 Å². The third kappa shape index (κ3) is 4.50. The first-order valence-electron chi connectivity index (χ1n) is 7.06. The van der Waals surface area contributed by atoms with Gasteiger partial charge in [-0.1, -0.05) is 6.08 Å². The van der Waals surface area contributed by atoms with E-state index in [-0.39, 0.29) is 39.4 Å². The van der Waals surface area contributed by atoms with Gasteiger partial charge in [0.15, 0.2) is 0 Å². The van der Waals surface area contributed by atoms with Crippen LogP contribution < -0.4 is 29.5 Å². The van der Waals surface area contributed by atoms with Crippen LogP contribution in [0.15, 0.2) is 11.6 Å². The quantitative estimate of drug-likeness (QED) is 0.254. The molecular weight excluding hydrogens is 334 g/mol. The van der Waals surface area contributed by atoms with Gasteiger partial charge in [-0.15, -0.1) is 0 Å². The molecule has 0 aliphatic carbocycles. The van der Waals surface area contributed by atoms with Crippen molar-refractivity contribution < 1.29 is 53.8 Å².